The molecule has 1 saturated heterocycles. The van der Waals surface area contributed by atoms with Crippen LogP contribution in [-0.4, -0.2) is 50.2 Å². The van der Waals surface area contributed by atoms with E-state index in [4.69, 9.17) is 4.74 Å². The average molecular weight is 186 g/mol. The highest BCUT2D eigenvalue weighted by Crippen LogP contribution is 2.06. The lowest BCUT2D eigenvalue weighted by atomic mass is 10.2. The number of morpholine rings is 1. The molecule has 1 aliphatic rings. The molecule has 0 aromatic carbocycles. The molecule has 0 saturated carbocycles. The maximum absolute atomic E-state index is 11.2. The van der Waals surface area contributed by atoms with Gasteiger partial charge in [0.1, 0.15) is 0 Å². The second-order valence-electron chi connectivity index (χ2n) is 3.41. The normalized spacial score (nSPS) is 24.3. The minimum absolute atomic E-state index is 0.0744. The Labute approximate surface area is 79.2 Å². The van der Waals surface area contributed by atoms with Gasteiger partial charge in [-0.1, -0.05) is 0 Å². The Bertz CT molecular complexity index is 173. The van der Waals surface area contributed by atoms with Crippen molar-refractivity contribution in [2.45, 2.75) is 19.4 Å². The van der Waals surface area contributed by atoms with Gasteiger partial charge in [-0.15, -0.1) is 0 Å². The van der Waals surface area contributed by atoms with Gasteiger partial charge in [-0.25, -0.2) is 0 Å². The zero-order valence-corrected chi connectivity index (χ0v) is 8.38. The molecule has 1 aliphatic heterocycles. The van der Waals surface area contributed by atoms with Gasteiger partial charge in [-0.05, 0) is 14.0 Å². The molecule has 0 radical (unpaired) electrons. The summed E-state index contributed by atoms with van der Waals surface area (Å²) < 4.78 is 5.46. The van der Waals surface area contributed by atoms with E-state index >= 15 is 0 Å². The van der Waals surface area contributed by atoms with Crippen molar-refractivity contribution in [3.05, 3.63) is 0 Å². The highest BCUT2D eigenvalue weighted by molar-refractivity contribution is 5.76. The van der Waals surface area contributed by atoms with Crippen molar-refractivity contribution in [2.75, 3.05) is 33.3 Å². The van der Waals surface area contributed by atoms with Gasteiger partial charge in [0.15, 0.2) is 0 Å². The fraction of sp³-hybridized carbons (Fsp3) is 0.889. The number of carbonyl (C=O) groups excluding carboxylic acids is 1. The van der Waals surface area contributed by atoms with Crippen molar-refractivity contribution in [1.82, 2.24) is 10.2 Å². The zero-order valence-electron chi connectivity index (χ0n) is 8.38. The van der Waals surface area contributed by atoms with Crippen LogP contribution in [0.15, 0.2) is 0 Å². The van der Waals surface area contributed by atoms with E-state index in [1.165, 1.54) is 0 Å². The molecule has 1 unspecified atom stereocenters. The number of nitrogens with one attached hydrogen (secondary N) is 1. The summed E-state index contributed by atoms with van der Waals surface area (Å²) in [7, 11) is 2.05. The van der Waals surface area contributed by atoms with Crippen molar-refractivity contribution >= 4 is 5.91 Å². The van der Waals surface area contributed by atoms with Crippen LogP contribution in [0.1, 0.15) is 13.3 Å². The lowest BCUT2D eigenvalue weighted by Gasteiger charge is -2.29. The monoisotopic (exact) mass is 186 g/mol. The van der Waals surface area contributed by atoms with Crippen LogP contribution < -0.4 is 5.32 Å². The highest BCUT2D eigenvalue weighted by Gasteiger charge is 2.19. The zero-order chi connectivity index (χ0) is 9.68. The van der Waals surface area contributed by atoms with E-state index in [1.54, 1.807) is 0 Å². The quantitative estimate of drug-likeness (QED) is 0.666. The van der Waals surface area contributed by atoms with Gasteiger partial charge in [0.05, 0.1) is 19.1 Å². The Hall–Kier alpha value is -0.610. The molecular weight excluding hydrogens is 168 g/mol. The van der Waals surface area contributed by atoms with Crippen molar-refractivity contribution in [1.29, 1.82) is 0 Å². The molecular formula is C9H18N2O2. The summed E-state index contributed by atoms with van der Waals surface area (Å²) >= 11 is 0. The van der Waals surface area contributed by atoms with Gasteiger partial charge in [0.2, 0.25) is 5.91 Å². The minimum Gasteiger partial charge on any atom is -0.375 e. The molecule has 0 bridgehead atoms. The lowest BCUT2D eigenvalue weighted by molar-refractivity contribution is -0.125. The molecule has 4 heteroatoms. The van der Waals surface area contributed by atoms with Crippen LogP contribution in [0.4, 0.5) is 0 Å². The maximum atomic E-state index is 11.2. The van der Waals surface area contributed by atoms with E-state index in [1.807, 2.05) is 14.0 Å². The van der Waals surface area contributed by atoms with Crippen LogP contribution in [-0.2, 0) is 9.53 Å². The predicted molar refractivity (Wildman–Crippen MR) is 50.5 cm³/mol. The second-order valence-corrected chi connectivity index (χ2v) is 3.41. The summed E-state index contributed by atoms with van der Waals surface area (Å²) in [4.78, 5) is 13.4. The molecule has 13 heavy (non-hydrogen) atoms. The number of hydrogen-bond donors (Lipinski definition) is 1. The molecule has 0 aliphatic carbocycles. The third kappa shape index (κ3) is 3.74. The first-order valence-electron chi connectivity index (χ1n) is 4.79. The summed E-state index contributed by atoms with van der Waals surface area (Å²) in [6.07, 6.45) is 0.559. The number of carbonyl (C=O) groups is 1. The summed E-state index contributed by atoms with van der Waals surface area (Å²) in [6, 6.07) is 0. The first-order chi connectivity index (χ1) is 6.22. The first-order valence-corrected chi connectivity index (χ1v) is 4.79. The fourth-order valence-corrected chi connectivity index (χ4v) is 1.47. The third-order valence-corrected chi connectivity index (χ3v) is 2.13. The molecule has 0 aromatic rings. The lowest BCUT2D eigenvalue weighted by Crippen LogP contribution is -2.42. The Morgan fingerprint density at radius 3 is 3.08 bits per heavy atom. The van der Waals surface area contributed by atoms with E-state index in [2.05, 4.69) is 10.2 Å². The van der Waals surface area contributed by atoms with Gasteiger partial charge in [0, 0.05) is 19.6 Å². The van der Waals surface area contributed by atoms with Gasteiger partial charge in [0.25, 0.3) is 0 Å². The first kappa shape index (κ1) is 10.5. The summed E-state index contributed by atoms with van der Waals surface area (Å²) in [5.41, 5.74) is 0. The van der Waals surface area contributed by atoms with Crippen LogP contribution in [0.2, 0.25) is 0 Å². The van der Waals surface area contributed by atoms with Crippen molar-refractivity contribution < 1.29 is 9.53 Å². The van der Waals surface area contributed by atoms with Gasteiger partial charge in [-0.3, -0.25) is 4.79 Å². The highest BCUT2D eigenvalue weighted by atomic mass is 16.5. The SMILES string of the molecule is CCNC(=O)CC1CN(C)CCO1. The van der Waals surface area contributed by atoms with Crippen LogP contribution in [0.25, 0.3) is 0 Å². The van der Waals surface area contributed by atoms with Gasteiger partial charge in [-0.2, -0.15) is 0 Å². The second kappa shape index (κ2) is 5.19. The van der Waals surface area contributed by atoms with Crippen molar-refractivity contribution in [3.8, 4) is 0 Å². The van der Waals surface area contributed by atoms with Crippen LogP contribution in [0.3, 0.4) is 0 Å². The molecule has 4 nitrogen and oxygen atoms in total. The molecule has 0 aromatic heterocycles. The maximum Gasteiger partial charge on any atom is 0.222 e. The predicted octanol–water partition coefficient (Wildman–Crippen LogP) is -0.157. The summed E-state index contributed by atoms with van der Waals surface area (Å²) in [5, 5.41) is 2.77. The Morgan fingerprint density at radius 2 is 2.46 bits per heavy atom. The number of likely N-dealkylation sites (N-methyl/N-ethyl adjacent to an activating group) is 1. The molecule has 1 fully saturated rings. The van der Waals surface area contributed by atoms with E-state index < -0.39 is 0 Å². The average Bonchev–Trinajstić information content (AvgIpc) is 2.04. The third-order valence-electron chi connectivity index (χ3n) is 2.13. The van der Waals surface area contributed by atoms with Gasteiger partial charge < -0.3 is 15.0 Å². The smallest absolute Gasteiger partial charge is 0.222 e. The summed E-state index contributed by atoms with van der Waals surface area (Å²) in [6.45, 7) is 5.18. The van der Waals surface area contributed by atoms with E-state index in [9.17, 15) is 4.79 Å². The van der Waals surface area contributed by atoms with E-state index in [0.29, 0.717) is 13.0 Å². The standard InChI is InChI=1S/C9H18N2O2/c1-3-10-9(12)6-8-7-11(2)4-5-13-8/h8H,3-7H2,1-2H3,(H,10,12). The number of nitrogens with zero attached hydrogens (tertiary/aromatic N) is 1. The summed E-state index contributed by atoms with van der Waals surface area (Å²) in [5.74, 6) is 0.0859. The van der Waals surface area contributed by atoms with Crippen molar-refractivity contribution in [2.24, 2.45) is 0 Å². The molecule has 1 atom stereocenters. The van der Waals surface area contributed by atoms with Crippen LogP contribution in [0.5, 0.6) is 0 Å². The Balaban J connectivity index is 2.23. The molecule has 1 rings (SSSR count). The number of ether oxygens (including phenoxy) is 1. The van der Waals surface area contributed by atoms with E-state index in [-0.39, 0.29) is 12.0 Å². The fourth-order valence-electron chi connectivity index (χ4n) is 1.47. The van der Waals surface area contributed by atoms with Crippen molar-refractivity contribution in [3.63, 3.8) is 0 Å². The number of rotatable bonds is 3. The molecule has 1 amide bonds. The largest absolute Gasteiger partial charge is 0.375 e. The van der Waals surface area contributed by atoms with Crippen LogP contribution in [0, 0.1) is 0 Å². The molecule has 76 valence electrons. The molecule has 1 heterocycles. The minimum atomic E-state index is 0.0744. The van der Waals surface area contributed by atoms with Gasteiger partial charge >= 0.3 is 0 Å². The number of hydrogen-bond acceptors (Lipinski definition) is 3. The molecule has 0 spiro atoms. The molecule has 1 N–H and O–H groups in total. The van der Waals surface area contributed by atoms with Crippen LogP contribution >= 0.6 is 0 Å². The topological polar surface area (TPSA) is 41.6 Å². The number of amides is 1. The Kier molecular flexibility index (Phi) is 4.18. The van der Waals surface area contributed by atoms with E-state index in [0.717, 1.165) is 19.7 Å². The Morgan fingerprint density at radius 1 is 1.69 bits per heavy atom.